The maximum atomic E-state index is 12.2. The van der Waals surface area contributed by atoms with Gasteiger partial charge in [-0.25, -0.2) is 0 Å². The summed E-state index contributed by atoms with van der Waals surface area (Å²) in [5, 5.41) is 0. The van der Waals surface area contributed by atoms with Crippen molar-refractivity contribution in [3.63, 3.8) is 0 Å². The Balaban J connectivity index is 1.56. The highest BCUT2D eigenvalue weighted by atomic mass is 16.5. The number of benzene rings is 1. The zero-order valence-electron chi connectivity index (χ0n) is 13.1. The van der Waals surface area contributed by atoms with Crippen LogP contribution in [-0.4, -0.2) is 50.2 Å². The maximum Gasteiger partial charge on any atom is 0.223 e. The van der Waals surface area contributed by atoms with E-state index in [1.807, 2.05) is 11.0 Å². The second-order valence-corrected chi connectivity index (χ2v) is 6.08. The number of carbonyl (C=O) groups is 1. The van der Waals surface area contributed by atoms with E-state index >= 15 is 0 Å². The summed E-state index contributed by atoms with van der Waals surface area (Å²) in [5.74, 6) is 0.213. The Morgan fingerprint density at radius 1 is 1.14 bits per heavy atom. The van der Waals surface area contributed by atoms with Crippen molar-refractivity contribution >= 4 is 17.3 Å². The van der Waals surface area contributed by atoms with Gasteiger partial charge in [0, 0.05) is 32.6 Å². The molecule has 0 aromatic heterocycles. The van der Waals surface area contributed by atoms with Gasteiger partial charge in [0.1, 0.15) is 0 Å². The van der Waals surface area contributed by atoms with E-state index in [0.29, 0.717) is 19.6 Å². The van der Waals surface area contributed by atoms with Crippen LogP contribution in [0, 0.1) is 0 Å². The molecule has 1 amide bonds. The van der Waals surface area contributed by atoms with Crippen LogP contribution in [-0.2, 0) is 16.0 Å². The lowest BCUT2D eigenvalue weighted by Gasteiger charge is -2.27. The second-order valence-electron chi connectivity index (χ2n) is 6.08. The van der Waals surface area contributed by atoms with Gasteiger partial charge >= 0.3 is 0 Å². The summed E-state index contributed by atoms with van der Waals surface area (Å²) in [6, 6.07) is 6.24. The van der Waals surface area contributed by atoms with Gasteiger partial charge in [0.25, 0.3) is 0 Å². The van der Waals surface area contributed by atoms with Gasteiger partial charge in [-0.05, 0) is 37.0 Å². The number of hydrogen-bond acceptors (Lipinski definition) is 4. The summed E-state index contributed by atoms with van der Waals surface area (Å²) in [4.78, 5) is 16.4. The lowest BCUT2D eigenvalue weighted by atomic mass is 10.1. The maximum absolute atomic E-state index is 12.2. The van der Waals surface area contributed by atoms with Crippen LogP contribution in [0.5, 0.6) is 0 Å². The van der Waals surface area contributed by atoms with Crippen molar-refractivity contribution in [2.75, 3.05) is 50.0 Å². The molecule has 2 aliphatic heterocycles. The molecule has 5 heteroatoms. The first-order valence-corrected chi connectivity index (χ1v) is 8.23. The molecule has 22 heavy (non-hydrogen) atoms. The number of nitrogens with two attached hydrogens (primary N) is 1. The molecule has 0 saturated carbocycles. The molecule has 0 spiro atoms. The molecule has 3 rings (SSSR count). The van der Waals surface area contributed by atoms with Crippen LogP contribution in [0.1, 0.15) is 24.8 Å². The van der Waals surface area contributed by atoms with E-state index in [1.54, 1.807) is 0 Å². The van der Waals surface area contributed by atoms with Crippen molar-refractivity contribution in [2.45, 2.75) is 25.7 Å². The molecule has 5 nitrogen and oxygen atoms in total. The molecule has 1 aromatic carbocycles. The Bertz CT molecular complexity index is 521. The Morgan fingerprint density at radius 2 is 1.86 bits per heavy atom. The number of aryl methyl sites for hydroxylation is 1. The molecule has 120 valence electrons. The number of nitrogens with zero attached hydrogens (tertiary/aromatic N) is 2. The number of rotatable bonds is 4. The normalized spacial score (nSPS) is 18.7. The predicted molar refractivity (Wildman–Crippen MR) is 88.0 cm³/mol. The molecule has 0 atom stereocenters. The van der Waals surface area contributed by atoms with Crippen molar-refractivity contribution < 1.29 is 9.53 Å². The monoisotopic (exact) mass is 303 g/mol. The van der Waals surface area contributed by atoms with E-state index in [1.165, 1.54) is 12.8 Å². The van der Waals surface area contributed by atoms with Crippen LogP contribution in [0.15, 0.2) is 18.2 Å². The zero-order valence-corrected chi connectivity index (χ0v) is 13.1. The molecular weight excluding hydrogens is 278 g/mol. The highest BCUT2D eigenvalue weighted by molar-refractivity contribution is 5.77. The average molecular weight is 303 g/mol. The minimum atomic E-state index is 0.213. The summed E-state index contributed by atoms with van der Waals surface area (Å²) >= 11 is 0. The van der Waals surface area contributed by atoms with Crippen molar-refractivity contribution in [3.8, 4) is 0 Å². The van der Waals surface area contributed by atoms with Gasteiger partial charge in [-0.15, -0.1) is 0 Å². The fraction of sp³-hybridized carbons (Fsp3) is 0.588. The first kappa shape index (κ1) is 15.2. The van der Waals surface area contributed by atoms with E-state index in [9.17, 15) is 4.79 Å². The van der Waals surface area contributed by atoms with E-state index in [0.717, 1.165) is 49.5 Å². The van der Waals surface area contributed by atoms with Crippen LogP contribution < -0.4 is 10.6 Å². The first-order chi connectivity index (χ1) is 10.7. The van der Waals surface area contributed by atoms with Gasteiger partial charge in [-0.2, -0.15) is 0 Å². The van der Waals surface area contributed by atoms with Crippen LogP contribution >= 0.6 is 0 Å². The third-order valence-corrected chi connectivity index (χ3v) is 4.53. The average Bonchev–Trinajstić information content (AvgIpc) is 3.07. The predicted octanol–water partition coefficient (Wildman–Crippen LogP) is 1.66. The van der Waals surface area contributed by atoms with E-state index in [-0.39, 0.29) is 5.91 Å². The summed E-state index contributed by atoms with van der Waals surface area (Å²) in [6.45, 7) is 4.94. The minimum absolute atomic E-state index is 0.213. The molecule has 2 aliphatic rings. The summed E-state index contributed by atoms with van der Waals surface area (Å²) in [6.07, 6.45) is 3.79. The number of morpholine rings is 1. The zero-order chi connectivity index (χ0) is 15.4. The molecule has 2 heterocycles. The molecule has 2 fully saturated rings. The van der Waals surface area contributed by atoms with Gasteiger partial charge in [0.15, 0.2) is 0 Å². The van der Waals surface area contributed by atoms with E-state index in [4.69, 9.17) is 10.5 Å². The summed E-state index contributed by atoms with van der Waals surface area (Å²) in [5.41, 5.74) is 9.31. The Hall–Kier alpha value is -1.75. The Morgan fingerprint density at radius 3 is 2.55 bits per heavy atom. The summed E-state index contributed by atoms with van der Waals surface area (Å²) < 4.78 is 5.28. The third kappa shape index (κ3) is 3.53. The SMILES string of the molecule is Nc1cc(CCC(=O)N2CCOCC2)ccc1N1CCCC1. The lowest BCUT2D eigenvalue weighted by Crippen LogP contribution is -2.40. The van der Waals surface area contributed by atoms with Crippen LogP contribution in [0.2, 0.25) is 0 Å². The van der Waals surface area contributed by atoms with Gasteiger partial charge in [-0.3, -0.25) is 4.79 Å². The molecule has 2 N–H and O–H groups in total. The summed E-state index contributed by atoms with van der Waals surface area (Å²) in [7, 11) is 0. The molecule has 1 aromatic rings. The Labute approximate surface area is 132 Å². The van der Waals surface area contributed by atoms with E-state index in [2.05, 4.69) is 17.0 Å². The fourth-order valence-electron chi connectivity index (χ4n) is 3.23. The molecule has 0 radical (unpaired) electrons. The standard InChI is InChI=1S/C17H25N3O2/c18-15-13-14(3-5-16(15)19-7-1-2-8-19)4-6-17(21)20-9-11-22-12-10-20/h3,5,13H,1-2,4,6-12,18H2. The topological polar surface area (TPSA) is 58.8 Å². The minimum Gasteiger partial charge on any atom is -0.397 e. The highest BCUT2D eigenvalue weighted by Crippen LogP contribution is 2.28. The van der Waals surface area contributed by atoms with Crippen LogP contribution in [0.3, 0.4) is 0 Å². The van der Waals surface area contributed by atoms with Gasteiger partial charge in [-0.1, -0.05) is 6.07 Å². The molecule has 0 bridgehead atoms. The number of ether oxygens (including phenoxy) is 1. The number of nitrogen functional groups attached to an aromatic ring is 1. The van der Waals surface area contributed by atoms with Crippen molar-refractivity contribution in [2.24, 2.45) is 0 Å². The molecular formula is C17H25N3O2. The number of carbonyl (C=O) groups excluding carboxylic acids is 1. The number of amides is 1. The van der Waals surface area contributed by atoms with Gasteiger partial charge in [0.2, 0.25) is 5.91 Å². The van der Waals surface area contributed by atoms with Crippen LogP contribution in [0.4, 0.5) is 11.4 Å². The number of anilines is 2. The fourth-order valence-corrected chi connectivity index (χ4v) is 3.23. The first-order valence-electron chi connectivity index (χ1n) is 8.23. The van der Waals surface area contributed by atoms with Crippen molar-refractivity contribution in [1.82, 2.24) is 4.90 Å². The van der Waals surface area contributed by atoms with Crippen molar-refractivity contribution in [1.29, 1.82) is 0 Å². The third-order valence-electron chi connectivity index (χ3n) is 4.53. The van der Waals surface area contributed by atoms with Gasteiger partial charge in [0.05, 0.1) is 24.6 Å². The van der Waals surface area contributed by atoms with E-state index < -0.39 is 0 Å². The quantitative estimate of drug-likeness (QED) is 0.860. The lowest BCUT2D eigenvalue weighted by molar-refractivity contribution is -0.135. The molecule has 0 aliphatic carbocycles. The smallest absolute Gasteiger partial charge is 0.223 e. The Kier molecular flexibility index (Phi) is 4.83. The van der Waals surface area contributed by atoms with Crippen LogP contribution in [0.25, 0.3) is 0 Å². The number of hydrogen-bond donors (Lipinski definition) is 1. The largest absolute Gasteiger partial charge is 0.397 e. The highest BCUT2D eigenvalue weighted by Gasteiger charge is 2.17. The van der Waals surface area contributed by atoms with Gasteiger partial charge < -0.3 is 20.3 Å². The molecule has 0 unspecified atom stereocenters. The van der Waals surface area contributed by atoms with Crippen molar-refractivity contribution in [3.05, 3.63) is 23.8 Å². The second kappa shape index (κ2) is 7.01. The molecule has 2 saturated heterocycles.